The van der Waals surface area contributed by atoms with Crippen LogP contribution in [0.3, 0.4) is 0 Å². The van der Waals surface area contributed by atoms with E-state index < -0.39 is 0 Å². The largest absolute Gasteiger partial charge is 0.508 e. The third-order valence-electron chi connectivity index (χ3n) is 5.32. The summed E-state index contributed by atoms with van der Waals surface area (Å²) in [5.41, 5.74) is 2.44. The van der Waals surface area contributed by atoms with Gasteiger partial charge in [0.15, 0.2) is 0 Å². The van der Waals surface area contributed by atoms with Crippen molar-refractivity contribution >= 4 is 0 Å². The van der Waals surface area contributed by atoms with Gasteiger partial charge in [-0.2, -0.15) is 0 Å². The zero-order valence-corrected chi connectivity index (χ0v) is 12.1. The van der Waals surface area contributed by atoms with Crippen molar-refractivity contribution in [3.8, 4) is 5.75 Å². The van der Waals surface area contributed by atoms with Gasteiger partial charge in [-0.3, -0.25) is 4.90 Å². The molecule has 3 atom stereocenters. The Labute approximate surface area is 125 Å². The van der Waals surface area contributed by atoms with Gasteiger partial charge in [0.05, 0.1) is 12.7 Å². The van der Waals surface area contributed by atoms with Crippen LogP contribution in [0.1, 0.15) is 17.5 Å². The SMILES string of the molecule is C=CCN1CC[C@]23COCO[C@H]2[C@H]1Cc1ccc(O)cc13. The van der Waals surface area contributed by atoms with Crippen LogP contribution in [0.4, 0.5) is 0 Å². The van der Waals surface area contributed by atoms with Crippen molar-refractivity contribution in [2.24, 2.45) is 0 Å². The van der Waals surface area contributed by atoms with Crippen molar-refractivity contribution in [1.82, 2.24) is 4.90 Å². The first-order valence-electron chi connectivity index (χ1n) is 7.61. The first-order valence-corrected chi connectivity index (χ1v) is 7.61. The normalized spacial score (nSPS) is 34.9. The number of likely N-dealkylation sites (tertiary alicyclic amines) is 1. The molecule has 3 aliphatic rings. The number of phenols is 1. The molecule has 0 aromatic heterocycles. The van der Waals surface area contributed by atoms with Crippen LogP contribution in [0.15, 0.2) is 30.9 Å². The second kappa shape index (κ2) is 4.83. The van der Waals surface area contributed by atoms with E-state index in [1.165, 1.54) is 11.1 Å². The number of ether oxygens (including phenoxy) is 2. The lowest BCUT2D eigenvalue weighted by atomic mass is 9.62. The lowest BCUT2D eigenvalue weighted by Crippen LogP contribution is -2.67. The highest BCUT2D eigenvalue weighted by atomic mass is 16.7. The number of phenolic OH excluding ortho intramolecular Hbond substituents is 1. The van der Waals surface area contributed by atoms with Crippen LogP contribution in [-0.2, 0) is 21.3 Å². The number of aromatic hydroxyl groups is 1. The van der Waals surface area contributed by atoms with E-state index in [-0.39, 0.29) is 11.5 Å². The quantitative estimate of drug-likeness (QED) is 0.843. The Hall–Kier alpha value is -1.36. The van der Waals surface area contributed by atoms with Crippen molar-refractivity contribution in [2.45, 2.75) is 30.4 Å². The van der Waals surface area contributed by atoms with Gasteiger partial charge >= 0.3 is 0 Å². The van der Waals surface area contributed by atoms with E-state index in [4.69, 9.17) is 9.47 Å². The molecule has 1 aromatic carbocycles. The van der Waals surface area contributed by atoms with Gasteiger partial charge < -0.3 is 14.6 Å². The van der Waals surface area contributed by atoms with Gasteiger partial charge in [0.25, 0.3) is 0 Å². The van der Waals surface area contributed by atoms with Crippen molar-refractivity contribution in [2.75, 3.05) is 26.5 Å². The smallest absolute Gasteiger partial charge is 0.147 e. The van der Waals surface area contributed by atoms with Crippen LogP contribution in [0.5, 0.6) is 5.75 Å². The summed E-state index contributed by atoms with van der Waals surface area (Å²) in [7, 11) is 0. The van der Waals surface area contributed by atoms with E-state index in [9.17, 15) is 5.11 Å². The second-order valence-corrected chi connectivity index (χ2v) is 6.36. The molecule has 2 saturated heterocycles. The number of piperidine rings is 1. The maximum absolute atomic E-state index is 9.90. The van der Waals surface area contributed by atoms with E-state index >= 15 is 0 Å². The summed E-state index contributed by atoms with van der Waals surface area (Å²) in [5.74, 6) is 0.333. The molecule has 2 heterocycles. The average Bonchev–Trinajstić information content (AvgIpc) is 2.51. The summed E-state index contributed by atoms with van der Waals surface area (Å²) in [6.45, 7) is 6.86. The lowest BCUT2D eigenvalue weighted by Gasteiger charge is -2.57. The minimum Gasteiger partial charge on any atom is -0.508 e. The maximum atomic E-state index is 9.90. The molecule has 0 unspecified atom stereocenters. The van der Waals surface area contributed by atoms with Crippen LogP contribution in [-0.4, -0.2) is 48.6 Å². The van der Waals surface area contributed by atoms with Crippen LogP contribution in [0, 0.1) is 0 Å². The van der Waals surface area contributed by atoms with Gasteiger partial charge in [-0.1, -0.05) is 12.1 Å². The molecule has 2 bridgehead atoms. The molecule has 2 fully saturated rings. The minimum absolute atomic E-state index is 0.104. The fourth-order valence-corrected chi connectivity index (χ4v) is 4.41. The lowest BCUT2D eigenvalue weighted by molar-refractivity contribution is -0.221. The fraction of sp³-hybridized carbons (Fsp3) is 0.529. The highest BCUT2D eigenvalue weighted by Gasteiger charge is 2.55. The Morgan fingerprint density at radius 3 is 3.24 bits per heavy atom. The summed E-state index contributed by atoms with van der Waals surface area (Å²) < 4.78 is 11.7. The summed E-state index contributed by atoms with van der Waals surface area (Å²) in [6, 6.07) is 6.13. The molecule has 4 rings (SSSR count). The number of hydrogen-bond acceptors (Lipinski definition) is 4. The molecule has 0 saturated carbocycles. The molecule has 1 aromatic rings. The Balaban J connectivity index is 1.83. The Kier molecular flexibility index (Phi) is 3.06. The molecular weight excluding hydrogens is 266 g/mol. The van der Waals surface area contributed by atoms with Crippen LogP contribution < -0.4 is 0 Å². The first kappa shape index (κ1) is 13.3. The van der Waals surface area contributed by atoms with Gasteiger partial charge in [0.2, 0.25) is 0 Å². The van der Waals surface area contributed by atoms with Crippen LogP contribution >= 0.6 is 0 Å². The molecule has 112 valence electrons. The first-order chi connectivity index (χ1) is 10.2. The zero-order valence-electron chi connectivity index (χ0n) is 12.1. The molecule has 4 nitrogen and oxygen atoms in total. The number of benzene rings is 1. The van der Waals surface area contributed by atoms with Crippen molar-refractivity contribution in [3.05, 3.63) is 42.0 Å². The van der Waals surface area contributed by atoms with Crippen LogP contribution in [0.25, 0.3) is 0 Å². The number of hydrogen-bond donors (Lipinski definition) is 1. The highest BCUT2D eigenvalue weighted by molar-refractivity contribution is 5.46. The minimum atomic E-state index is -0.104. The zero-order chi connectivity index (χ0) is 14.4. The van der Waals surface area contributed by atoms with E-state index in [0.29, 0.717) is 25.2 Å². The third kappa shape index (κ3) is 1.86. The van der Waals surface area contributed by atoms with E-state index in [1.807, 2.05) is 12.1 Å². The summed E-state index contributed by atoms with van der Waals surface area (Å²) in [4.78, 5) is 2.47. The molecule has 1 N–H and O–H groups in total. The fourth-order valence-electron chi connectivity index (χ4n) is 4.41. The number of rotatable bonds is 2. The monoisotopic (exact) mass is 287 g/mol. The maximum Gasteiger partial charge on any atom is 0.147 e. The predicted molar refractivity (Wildman–Crippen MR) is 79.4 cm³/mol. The molecule has 0 radical (unpaired) electrons. The Morgan fingerprint density at radius 2 is 2.38 bits per heavy atom. The predicted octanol–water partition coefficient (Wildman–Crippen LogP) is 1.82. The van der Waals surface area contributed by atoms with Crippen molar-refractivity contribution in [1.29, 1.82) is 0 Å². The molecule has 21 heavy (non-hydrogen) atoms. The van der Waals surface area contributed by atoms with Gasteiger partial charge in [0.1, 0.15) is 12.5 Å². The molecule has 2 aliphatic heterocycles. The molecular formula is C17H21NO3. The number of nitrogens with zero attached hydrogens (tertiary/aromatic N) is 1. The van der Waals surface area contributed by atoms with Gasteiger partial charge in [-0.25, -0.2) is 0 Å². The molecule has 0 amide bonds. The number of fused-ring (bicyclic) bond motifs is 1. The Morgan fingerprint density at radius 1 is 1.48 bits per heavy atom. The third-order valence-corrected chi connectivity index (χ3v) is 5.32. The topological polar surface area (TPSA) is 41.9 Å². The van der Waals surface area contributed by atoms with Gasteiger partial charge in [-0.15, -0.1) is 6.58 Å². The molecule has 0 spiro atoms. The standard InChI is InChI=1S/C17H21NO3/c1-2-6-18-7-5-17-10-20-11-21-16(17)15(18)8-12-3-4-13(19)9-14(12)17/h2-4,9,15-16,19H,1,5-8,10-11H2/t15-,16+,17-/m1/s1. The Bertz CT molecular complexity index is 573. The highest BCUT2D eigenvalue weighted by Crippen LogP contribution is 2.49. The van der Waals surface area contributed by atoms with Crippen molar-refractivity contribution in [3.63, 3.8) is 0 Å². The van der Waals surface area contributed by atoms with E-state index in [2.05, 4.69) is 17.5 Å². The van der Waals surface area contributed by atoms with Crippen molar-refractivity contribution < 1.29 is 14.6 Å². The summed E-state index contributed by atoms with van der Waals surface area (Å²) in [6.07, 6.45) is 4.08. The van der Waals surface area contributed by atoms with Gasteiger partial charge in [-0.05, 0) is 42.6 Å². The molecule has 1 aliphatic carbocycles. The van der Waals surface area contributed by atoms with E-state index in [0.717, 1.165) is 25.9 Å². The van der Waals surface area contributed by atoms with Gasteiger partial charge in [0, 0.05) is 18.0 Å². The second-order valence-electron chi connectivity index (χ2n) is 6.36. The average molecular weight is 287 g/mol. The summed E-state index contributed by atoms with van der Waals surface area (Å²) >= 11 is 0. The van der Waals surface area contributed by atoms with E-state index in [1.54, 1.807) is 6.07 Å². The summed E-state index contributed by atoms with van der Waals surface area (Å²) in [5, 5.41) is 9.90. The van der Waals surface area contributed by atoms with Crippen LogP contribution in [0.2, 0.25) is 0 Å². The molecule has 4 heteroatoms.